The zero-order valence-electron chi connectivity index (χ0n) is 14.2. The Balaban J connectivity index is 1.96. The first-order valence-corrected chi connectivity index (χ1v) is 8.51. The topological polar surface area (TPSA) is 20.3 Å². The van der Waals surface area contributed by atoms with Gasteiger partial charge in [0.05, 0.1) is 0 Å². The van der Waals surface area contributed by atoms with E-state index in [0.29, 0.717) is 19.3 Å². The molecule has 0 spiro atoms. The molecule has 0 radical (unpaired) electrons. The fraction of sp³-hybridized carbons (Fsp3) is 0.227. The van der Waals surface area contributed by atoms with Crippen LogP contribution in [0.3, 0.4) is 0 Å². The molecule has 0 aromatic heterocycles. The maximum absolute atomic E-state index is 11.7. The molecule has 0 saturated carbocycles. The van der Waals surface area contributed by atoms with Crippen molar-refractivity contribution in [3.8, 4) is 0 Å². The average Bonchev–Trinajstić information content (AvgIpc) is 2.61. The van der Waals surface area contributed by atoms with Crippen molar-refractivity contribution in [1.82, 2.24) is 0 Å². The van der Waals surface area contributed by atoms with Gasteiger partial charge in [-0.25, -0.2) is 0 Å². The summed E-state index contributed by atoms with van der Waals surface area (Å²) in [5, 5.41) is 0. The van der Waals surface area contributed by atoms with E-state index in [1.807, 2.05) is 6.92 Å². The van der Waals surface area contributed by atoms with Gasteiger partial charge in [-0.05, 0) is 29.2 Å². The predicted molar refractivity (Wildman–Crippen MR) is 102 cm³/mol. The van der Waals surface area contributed by atoms with Crippen LogP contribution in [0.1, 0.15) is 42.9 Å². The molecule has 2 nitrogen and oxygen atoms in total. The van der Waals surface area contributed by atoms with Crippen LogP contribution in [-0.4, -0.2) is 5.78 Å². The van der Waals surface area contributed by atoms with Crippen molar-refractivity contribution >= 4 is 23.6 Å². The molecule has 3 rings (SSSR count). The second-order valence-electron chi connectivity index (χ2n) is 6.14. The van der Waals surface area contributed by atoms with E-state index >= 15 is 0 Å². The van der Waals surface area contributed by atoms with Gasteiger partial charge in [0.1, 0.15) is 5.78 Å². The summed E-state index contributed by atoms with van der Waals surface area (Å²) < 4.78 is 0. The highest BCUT2D eigenvalue weighted by molar-refractivity contribution is 5.81. The summed E-state index contributed by atoms with van der Waals surface area (Å²) in [6, 6.07) is 16.8. The summed E-state index contributed by atoms with van der Waals surface area (Å²) in [7, 11) is 0. The number of para-hydroxylation sites is 1. The average molecular weight is 317 g/mol. The van der Waals surface area contributed by atoms with Gasteiger partial charge >= 0.3 is 0 Å². The standard InChI is InChI=1S/C22H23NO/c1-3-21(24)15-12-17(2)23-16-20-10-5-4-8-18(20)13-14-19-9-6-7-11-22(19)23/h4-11,13-14H,2-3,12,15-16H2,1H3/b14-13-. The van der Waals surface area contributed by atoms with E-state index in [9.17, 15) is 4.79 Å². The van der Waals surface area contributed by atoms with Crippen LogP contribution in [0.2, 0.25) is 0 Å². The Morgan fingerprint density at radius 1 is 1.00 bits per heavy atom. The van der Waals surface area contributed by atoms with Crippen LogP contribution in [0, 0.1) is 0 Å². The summed E-state index contributed by atoms with van der Waals surface area (Å²) in [4.78, 5) is 13.9. The first kappa shape index (κ1) is 16.3. The maximum Gasteiger partial charge on any atom is 0.133 e. The number of rotatable bonds is 5. The van der Waals surface area contributed by atoms with Crippen LogP contribution in [0.4, 0.5) is 5.69 Å². The number of carbonyl (C=O) groups excluding carboxylic acids is 1. The van der Waals surface area contributed by atoms with E-state index < -0.39 is 0 Å². The van der Waals surface area contributed by atoms with Gasteiger partial charge in [0, 0.05) is 30.8 Å². The molecule has 1 heterocycles. The van der Waals surface area contributed by atoms with Gasteiger partial charge in [-0.1, -0.05) is 68.1 Å². The molecule has 1 aliphatic heterocycles. The minimum atomic E-state index is 0.289. The van der Waals surface area contributed by atoms with Crippen LogP contribution in [-0.2, 0) is 11.3 Å². The second-order valence-corrected chi connectivity index (χ2v) is 6.14. The van der Waals surface area contributed by atoms with E-state index in [1.165, 1.54) is 16.7 Å². The van der Waals surface area contributed by atoms with Gasteiger partial charge in [0.25, 0.3) is 0 Å². The zero-order chi connectivity index (χ0) is 16.9. The molecule has 2 heteroatoms. The fourth-order valence-electron chi connectivity index (χ4n) is 3.03. The van der Waals surface area contributed by atoms with Crippen molar-refractivity contribution in [2.75, 3.05) is 4.90 Å². The Hall–Kier alpha value is -2.61. The molecule has 1 aliphatic rings. The number of fused-ring (bicyclic) bond motifs is 2. The number of Topliss-reactive ketones (excluding diaryl/α,β-unsaturated/α-hetero) is 1. The number of nitrogens with zero attached hydrogens (tertiary/aromatic N) is 1. The SMILES string of the molecule is C=C(CCC(=O)CC)N1Cc2ccccc2/C=C\c2ccccc21. The maximum atomic E-state index is 11.7. The van der Waals surface area contributed by atoms with Crippen LogP contribution in [0.15, 0.2) is 60.8 Å². The van der Waals surface area contributed by atoms with Crippen molar-refractivity contribution in [2.45, 2.75) is 32.7 Å². The Bertz CT molecular complexity index is 788. The van der Waals surface area contributed by atoms with Crippen molar-refractivity contribution in [3.05, 3.63) is 77.5 Å². The van der Waals surface area contributed by atoms with Gasteiger partial charge in [0.2, 0.25) is 0 Å². The van der Waals surface area contributed by atoms with Gasteiger partial charge in [-0.3, -0.25) is 4.79 Å². The molecule has 0 fully saturated rings. The Labute approximate surface area is 144 Å². The summed E-state index contributed by atoms with van der Waals surface area (Å²) in [5.74, 6) is 0.289. The van der Waals surface area contributed by atoms with E-state index in [1.54, 1.807) is 0 Å². The van der Waals surface area contributed by atoms with E-state index in [-0.39, 0.29) is 5.78 Å². The largest absolute Gasteiger partial charge is 0.341 e. The van der Waals surface area contributed by atoms with Crippen LogP contribution in [0.25, 0.3) is 12.2 Å². The number of benzene rings is 2. The molecule has 0 amide bonds. The lowest BCUT2D eigenvalue weighted by Crippen LogP contribution is -2.23. The molecular weight excluding hydrogens is 294 g/mol. The molecule has 0 N–H and O–H groups in total. The number of ketones is 1. The lowest BCUT2D eigenvalue weighted by molar-refractivity contribution is -0.118. The van der Waals surface area contributed by atoms with Crippen molar-refractivity contribution in [2.24, 2.45) is 0 Å². The van der Waals surface area contributed by atoms with Crippen LogP contribution < -0.4 is 4.90 Å². The fourth-order valence-corrected chi connectivity index (χ4v) is 3.03. The summed E-state index contributed by atoms with van der Waals surface area (Å²) in [5.41, 5.74) is 5.82. The minimum Gasteiger partial charge on any atom is -0.341 e. The number of hydrogen-bond acceptors (Lipinski definition) is 2. The first-order chi connectivity index (χ1) is 11.7. The minimum absolute atomic E-state index is 0.289. The predicted octanol–water partition coefficient (Wildman–Crippen LogP) is 5.45. The molecule has 0 saturated heterocycles. The number of hydrogen-bond donors (Lipinski definition) is 0. The Kier molecular flexibility index (Phi) is 4.95. The Morgan fingerprint density at radius 2 is 1.67 bits per heavy atom. The molecule has 2 aromatic rings. The van der Waals surface area contributed by atoms with E-state index in [0.717, 1.165) is 17.9 Å². The third-order valence-corrected chi connectivity index (χ3v) is 4.52. The normalized spacial score (nSPS) is 14.1. The molecule has 0 unspecified atom stereocenters. The molecule has 122 valence electrons. The molecule has 0 bridgehead atoms. The van der Waals surface area contributed by atoms with Gasteiger partial charge in [-0.15, -0.1) is 0 Å². The van der Waals surface area contributed by atoms with Gasteiger partial charge in [0.15, 0.2) is 0 Å². The van der Waals surface area contributed by atoms with Crippen LogP contribution >= 0.6 is 0 Å². The second kappa shape index (κ2) is 7.31. The van der Waals surface area contributed by atoms with Gasteiger partial charge in [-0.2, -0.15) is 0 Å². The highest BCUT2D eigenvalue weighted by atomic mass is 16.1. The highest BCUT2D eigenvalue weighted by Gasteiger charge is 2.17. The monoisotopic (exact) mass is 317 g/mol. The number of carbonyl (C=O) groups is 1. The van der Waals surface area contributed by atoms with Crippen molar-refractivity contribution < 1.29 is 4.79 Å². The highest BCUT2D eigenvalue weighted by Crippen LogP contribution is 2.32. The summed E-state index contributed by atoms with van der Waals surface area (Å²) in [6.45, 7) is 6.97. The van der Waals surface area contributed by atoms with E-state index in [2.05, 4.69) is 72.2 Å². The third-order valence-electron chi connectivity index (χ3n) is 4.52. The Morgan fingerprint density at radius 3 is 2.46 bits per heavy atom. The molecule has 0 atom stereocenters. The molecule has 24 heavy (non-hydrogen) atoms. The summed E-state index contributed by atoms with van der Waals surface area (Å²) >= 11 is 0. The zero-order valence-corrected chi connectivity index (χ0v) is 14.2. The quantitative estimate of drug-likeness (QED) is 0.731. The smallest absolute Gasteiger partial charge is 0.133 e. The van der Waals surface area contributed by atoms with Crippen LogP contribution in [0.5, 0.6) is 0 Å². The first-order valence-electron chi connectivity index (χ1n) is 8.51. The molecule has 0 aliphatic carbocycles. The molecular formula is C22H23NO. The van der Waals surface area contributed by atoms with E-state index in [4.69, 9.17) is 0 Å². The summed E-state index contributed by atoms with van der Waals surface area (Å²) in [6.07, 6.45) is 6.19. The number of anilines is 1. The molecule has 2 aromatic carbocycles. The lowest BCUT2D eigenvalue weighted by atomic mass is 10.00. The van der Waals surface area contributed by atoms with Crippen molar-refractivity contribution in [3.63, 3.8) is 0 Å². The van der Waals surface area contributed by atoms with Crippen molar-refractivity contribution in [1.29, 1.82) is 0 Å². The van der Waals surface area contributed by atoms with Gasteiger partial charge < -0.3 is 4.90 Å². The third kappa shape index (κ3) is 3.48. The number of allylic oxidation sites excluding steroid dienone is 1. The lowest BCUT2D eigenvalue weighted by Gasteiger charge is -2.30.